The van der Waals surface area contributed by atoms with Crippen LogP contribution in [0.15, 0.2) is 29.6 Å². The number of hydrogen-bond donors (Lipinski definition) is 1. The van der Waals surface area contributed by atoms with Gasteiger partial charge in [-0.3, -0.25) is 0 Å². The SMILES string of the molecule is CCC1SCCSC1c1nc(-c2cccc(CN)c2)cs1. The number of thiazole rings is 1. The maximum absolute atomic E-state index is 5.73. The van der Waals surface area contributed by atoms with Crippen LogP contribution in [-0.2, 0) is 6.54 Å². The largest absolute Gasteiger partial charge is 0.326 e. The average Bonchev–Trinajstić information content (AvgIpc) is 3.04. The van der Waals surface area contributed by atoms with E-state index >= 15 is 0 Å². The fourth-order valence-electron chi connectivity index (χ4n) is 2.54. The summed E-state index contributed by atoms with van der Waals surface area (Å²) in [5.74, 6) is 2.51. The first kappa shape index (κ1) is 15.4. The Morgan fingerprint density at radius 3 is 2.95 bits per heavy atom. The summed E-state index contributed by atoms with van der Waals surface area (Å²) in [6.45, 7) is 2.87. The van der Waals surface area contributed by atoms with Gasteiger partial charge in [-0.1, -0.05) is 25.1 Å². The molecule has 3 rings (SSSR count). The lowest BCUT2D eigenvalue weighted by Gasteiger charge is -2.28. The lowest BCUT2D eigenvalue weighted by atomic mass is 10.1. The minimum Gasteiger partial charge on any atom is -0.326 e. The van der Waals surface area contributed by atoms with Gasteiger partial charge in [-0.2, -0.15) is 11.8 Å². The van der Waals surface area contributed by atoms with Crippen LogP contribution in [-0.4, -0.2) is 21.7 Å². The first-order chi connectivity index (χ1) is 10.3. The molecule has 0 radical (unpaired) electrons. The second-order valence-electron chi connectivity index (χ2n) is 5.08. The molecule has 2 unspecified atom stereocenters. The normalized spacial score (nSPS) is 22.4. The number of thioether (sulfide) groups is 2. The number of aromatic nitrogens is 1. The molecule has 0 saturated carbocycles. The van der Waals surface area contributed by atoms with Gasteiger partial charge < -0.3 is 5.73 Å². The van der Waals surface area contributed by atoms with Crippen molar-refractivity contribution in [3.63, 3.8) is 0 Å². The predicted octanol–water partition coefficient (Wildman–Crippen LogP) is 4.57. The highest BCUT2D eigenvalue weighted by Crippen LogP contribution is 2.45. The molecule has 2 aromatic rings. The summed E-state index contributed by atoms with van der Waals surface area (Å²) in [5.41, 5.74) is 9.17. The van der Waals surface area contributed by atoms with Gasteiger partial charge in [0.05, 0.1) is 10.9 Å². The number of nitrogens with two attached hydrogens (primary N) is 1. The summed E-state index contributed by atoms with van der Waals surface area (Å²) in [4.78, 5) is 4.92. The Balaban J connectivity index is 1.85. The Kier molecular flexibility index (Phi) is 5.27. The summed E-state index contributed by atoms with van der Waals surface area (Å²) in [6, 6.07) is 8.41. The van der Waals surface area contributed by atoms with Crippen LogP contribution in [0, 0.1) is 0 Å². The van der Waals surface area contributed by atoms with E-state index in [4.69, 9.17) is 10.7 Å². The molecule has 1 saturated heterocycles. The van der Waals surface area contributed by atoms with Crippen molar-refractivity contribution in [1.29, 1.82) is 0 Å². The molecule has 1 aliphatic rings. The third-order valence-corrected chi connectivity index (χ3v) is 8.01. The predicted molar refractivity (Wildman–Crippen MR) is 97.2 cm³/mol. The minimum atomic E-state index is 0.560. The Hall–Kier alpha value is -0.490. The second-order valence-corrected chi connectivity index (χ2v) is 8.57. The lowest BCUT2D eigenvalue weighted by molar-refractivity contribution is 0.789. The zero-order valence-electron chi connectivity index (χ0n) is 12.1. The molecular formula is C16H20N2S3. The van der Waals surface area contributed by atoms with Crippen LogP contribution < -0.4 is 5.73 Å². The van der Waals surface area contributed by atoms with Crippen molar-refractivity contribution in [2.45, 2.75) is 30.4 Å². The Labute approximate surface area is 138 Å². The van der Waals surface area contributed by atoms with Gasteiger partial charge >= 0.3 is 0 Å². The highest BCUT2D eigenvalue weighted by atomic mass is 32.2. The van der Waals surface area contributed by atoms with Gasteiger partial charge in [0.2, 0.25) is 0 Å². The van der Waals surface area contributed by atoms with E-state index in [0.29, 0.717) is 17.0 Å². The quantitative estimate of drug-likeness (QED) is 0.888. The third kappa shape index (κ3) is 3.47. The van der Waals surface area contributed by atoms with E-state index in [0.717, 1.165) is 11.3 Å². The van der Waals surface area contributed by atoms with Gasteiger partial charge in [-0.15, -0.1) is 23.1 Å². The summed E-state index contributed by atoms with van der Waals surface area (Å²) in [7, 11) is 0. The van der Waals surface area contributed by atoms with Crippen LogP contribution >= 0.6 is 34.9 Å². The van der Waals surface area contributed by atoms with E-state index < -0.39 is 0 Å². The van der Waals surface area contributed by atoms with Crippen LogP contribution in [0.5, 0.6) is 0 Å². The summed E-state index contributed by atoms with van der Waals surface area (Å²) >= 11 is 5.99. The molecule has 2 N–H and O–H groups in total. The fourth-order valence-corrected chi connectivity index (χ4v) is 6.81. The molecule has 2 nitrogen and oxygen atoms in total. The van der Waals surface area contributed by atoms with Gasteiger partial charge in [0.1, 0.15) is 5.01 Å². The summed E-state index contributed by atoms with van der Waals surface area (Å²) < 4.78 is 0. The molecule has 1 aromatic carbocycles. The molecule has 0 amide bonds. The highest BCUT2D eigenvalue weighted by molar-refractivity contribution is 8.06. The molecule has 112 valence electrons. The van der Waals surface area contributed by atoms with Gasteiger partial charge in [-0.05, 0) is 18.1 Å². The zero-order chi connectivity index (χ0) is 14.7. The van der Waals surface area contributed by atoms with Crippen LogP contribution in [0.1, 0.15) is 29.2 Å². The van der Waals surface area contributed by atoms with Crippen LogP contribution in [0.4, 0.5) is 0 Å². The molecule has 0 spiro atoms. The Morgan fingerprint density at radius 1 is 1.29 bits per heavy atom. The van der Waals surface area contributed by atoms with Crippen molar-refractivity contribution in [2.75, 3.05) is 11.5 Å². The Bertz CT molecular complexity index is 597. The molecule has 21 heavy (non-hydrogen) atoms. The first-order valence-corrected chi connectivity index (χ1v) is 10.3. The molecule has 2 heterocycles. The first-order valence-electron chi connectivity index (χ1n) is 7.30. The number of hydrogen-bond acceptors (Lipinski definition) is 5. The van der Waals surface area contributed by atoms with E-state index in [1.165, 1.54) is 28.5 Å². The van der Waals surface area contributed by atoms with Gasteiger partial charge in [0.15, 0.2) is 0 Å². The molecule has 5 heteroatoms. The molecule has 2 atom stereocenters. The van der Waals surface area contributed by atoms with E-state index in [-0.39, 0.29) is 0 Å². The maximum atomic E-state index is 5.73. The van der Waals surface area contributed by atoms with Crippen LogP contribution in [0.3, 0.4) is 0 Å². The lowest BCUT2D eigenvalue weighted by Crippen LogP contribution is -2.18. The van der Waals surface area contributed by atoms with E-state index in [2.05, 4.69) is 60.1 Å². The van der Waals surface area contributed by atoms with Crippen molar-refractivity contribution >= 4 is 34.9 Å². The van der Waals surface area contributed by atoms with E-state index in [1.54, 1.807) is 11.3 Å². The molecule has 1 aliphatic heterocycles. The zero-order valence-corrected chi connectivity index (χ0v) is 14.6. The van der Waals surface area contributed by atoms with Crippen LogP contribution in [0.2, 0.25) is 0 Å². The van der Waals surface area contributed by atoms with Gasteiger partial charge in [-0.25, -0.2) is 4.98 Å². The molecule has 1 aromatic heterocycles. The number of rotatable bonds is 4. The van der Waals surface area contributed by atoms with Gasteiger partial charge in [0, 0.05) is 34.2 Å². The number of nitrogens with zero attached hydrogens (tertiary/aromatic N) is 1. The standard InChI is InChI=1S/C16H20N2S3/c1-2-14-15(20-7-6-19-14)16-18-13(10-21-16)12-5-3-4-11(8-12)9-17/h3-5,8,10,14-15H,2,6-7,9,17H2,1H3. The van der Waals surface area contributed by atoms with Crippen molar-refractivity contribution in [3.05, 3.63) is 40.2 Å². The topological polar surface area (TPSA) is 38.9 Å². The maximum Gasteiger partial charge on any atom is 0.107 e. The molecular weight excluding hydrogens is 316 g/mol. The fraction of sp³-hybridized carbons (Fsp3) is 0.438. The second kappa shape index (κ2) is 7.18. The van der Waals surface area contributed by atoms with Gasteiger partial charge in [0.25, 0.3) is 0 Å². The minimum absolute atomic E-state index is 0.560. The van der Waals surface area contributed by atoms with Crippen LogP contribution in [0.25, 0.3) is 11.3 Å². The third-order valence-electron chi connectivity index (χ3n) is 3.68. The van der Waals surface area contributed by atoms with Crippen molar-refractivity contribution in [2.24, 2.45) is 5.73 Å². The summed E-state index contributed by atoms with van der Waals surface area (Å²) in [5, 5.41) is 4.74. The highest BCUT2D eigenvalue weighted by Gasteiger charge is 2.28. The molecule has 0 bridgehead atoms. The van der Waals surface area contributed by atoms with Crippen molar-refractivity contribution in [1.82, 2.24) is 4.98 Å². The smallest absolute Gasteiger partial charge is 0.107 e. The molecule has 0 aliphatic carbocycles. The Morgan fingerprint density at radius 2 is 2.14 bits per heavy atom. The van der Waals surface area contributed by atoms with E-state index in [9.17, 15) is 0 Å². The average molecular weight is 337 g/mol. The monoisotopic (exact) mass is 336 g/mol. The number of benzene rings is 1. The van der Waals surface area contributed by atoms with E-state index in [1.807, 2.05) is 0 Å². The van der Waals surface area contributed by atoms with Crippen molar-refractivity contribution in [3.8, 4) is 11.3 Å². The summed E-state index contributed by atoms with van der Waals surface area (Å²) in [6.07, 6.45) is 1.22. The van der Waals surface area contributed by atoms with Crippen molar-refractivity contribution < 1.29 is 0 Å². The molecule has 1 fully saturated rings.